The van der Waals surface area contributed by atoms with E-state index in [0.717, 1.165) is 25.9 Å². The van der Waals surface area contributed by atoms with Crippen molar-refractivity contribution in [3.63, 3.8) is 0 Å². The molecule has 0 aliphatic carbocycles. The van der Waals surface area contributed by atoms with Crippen LogP contribution >= 0.6 is 0 Å². The first-order valence-electron chi connectivity index (χ1n) is 7.91. The summed E-state index contributed by atoms with van der Waals surface area (Å²) >= 11 is 0. The summed E-state index contributed by atoms with van der Waals surface area (Å²) in [4.78, 5) is 22.8. The minimum Gasteiger partial charge on any atom is -0.444 e. The minimum atomic E-state index is -0.520. The van der Waals surface area contributed by atoms with E-state index in [4.69, 9.17) is 9.47 Å². The molecule has 0 aromatic heterocycles. The Labute approximate surface area is 133 Å². The summed E-state index contributed by atoms with van der Waals surface area (Å²) in [6.45, 7) is 10.2. The Morgan fingerprint density at radius 2 is 1.50 bits per heavy atom. The van der Waals surface area contributed by atoms with Crippen LogP contribution in [0.15, 0.2) is 0 Å². The first-order chi connectivity index (χ1) is 10.3. The van der Waals surface area contributed by atoms with Gasteiger partial charge < -0.3 is 25.4 Å². The van der Waals surface area contributed by atoms with Gasteiger partial charge in [-0.3, -0.25) is 0 Å². The predicted molar refractivity (Wildman–Crippen MR) is 86.0 cm³/mol. The van der Waals surface area contributed by atoms with E-state index in [2.05, 4.69) is 22.9 Å². The van der Waals surface area contributed by atoms with Crippen LogP contribution in [0.25, 0.3) is 0 Å². The number of carbonyl (C=O) groups excluding carboxylic acids is 2. The fourth-order valence-corrected chi connectivity index (χ4v) is 1.44. The van der Waals surface area contributed by atoms with E-state index >= 15 is 0 Å². The maximum Gasteiger partial charge on any atom is 0.407 e. The molecule has 0 rings (SSSR count). The van der Waals surface area contributed by atoms with Crippen molar-refractivity contribution < 1.29 is 19.1 Å². The molecule has 0 spiro atoms. The van der Waals surface area contributed by atoms with Gasteiger partial charge in [-0.2, -0.15) is 0 Å². The van der Waals surface area contributed by atoms with Crippen molar-refractivity contribution >= 4 is 12.1 Å². The molecule has 0 radical (unpaired) electrons. The smallest absolute Gasteiger partial charge is 0.407 e. The first kappa shape index (κ1) is 20.5. The van der Waals surface area contributed by atoms with E-state index < -0.39 is 11.7 Å². The van der Waals surface area contributed by atoms with E-state index in [0.29, 0.717) is 26.2 Å². The van der Waals surface area contributed by atoms with Gasteiger partial charge >= 0.3 is 12.1 Å². The molecule has 0 unspecified atom stereocenters. The molecular weight excluding hydrogens is 286 g/mol. The van der Waals surface area contributed by atoms with Gasteiger partial charge in [-0.1, -0.05) is 13.3 Å². The number of rotatable bonds is 10. The average Bonchev–Trinajstić information content (AvgIpc) is 2.41. The van der Waals surface area contributed by atoms with E-state index in [-0.39, 0.29) is 6.03 Å². The number of carbonyl (C=O) groups is 2. The zero-order valence-corrected chi connectivity index (χ0v) is 14.3. The predicted octanol–water partition coefficient (Wildman–Crippen LogP) is 2.02. The van der Waals surface area contributed by atoms with Crippen LogP contribution in [0, 0.1) is 0 Å². The maximum absolute atomic E-state index is 11.4. The molecule has 7 nitrogen and oxygen atoms in total. The summed E-state index contributed by atoms with van der Waals surface area (Å²) < 4.78 is 10.5. The van der Waals surface area contributed by atoms with Crippen LogP contribution in [0.1, 0.15) is 47.0 Å². The summed E-state index contributed by atoms with van der Waals surface area (Å²) in [7, 11) is 0. The van der Waals surface area contributed by atoms with Crippen LogP contribution < -0.4 is 16.0 Å². The fourth-order valence-electron chi connectivity index (χ4n) is 1.44. The molecule has 0 aromatic carbocycles. The lowest BCUT2D eigenvalue weighted by molar-refractivity contribution is 0.0528. The molecule has 130 valence electrons. The van der Waals surface area contributed by atoms with Gasteiger partial charge in [-0.15, -0.1) is 0 Å². The van der Waals surface area contributed by atoms with E-state index in [1.165, 1.54) is 0 Å². The van der Waals surface area contributed by atoms with Crippen LogP contribution in [-0.4, -0.2) is 50.6 Å². The van der Waals surface area contributed by atoms with Gasteiger partial charge in [0, 0.05) is 32.8 Å². The Balaban J connectivity index is 3.41. The largest absolute Gasteiger partial charge is 0.444 e. The third-order valence-corrected chi connectivity index (χ3v) is 2.47. The van der Waals surface area contributed by atoms with Gasteiger partial charge in [-0.25, -0.2) is 9.59 Å². The molecule has 0 heterocycles. The normalized spacial score (nSPS) is 10.9. The molecular formula is C15H31N3O4. The highest BCUT2D eigenvalue weighted by Crippen LogP contribution is 2.05. The monoisotopic (exact) mass is 317 g/mol. The molecule has 0 aromatic rings. The summed E-state index contributed by atoms with van der Waals surface area (Å²) in [5, 5.41) is 7.94. The molecule has 0 aliphatic heterocycles. The second-order valence-corrected chi connectivity index (χ2v) is 5.93. The van der Waals surface area contributed by atoms with Crippen molar-refractivity contribution in [2.75, 3.05) is 32.8 Å². The molecule has 3 amide bonds. The summed E-state index contributed by atoms with van der Waals surface area (Å²) in [5.41, 5.74) is -0.520. The maximum atomic E-state index is 11.4. The Hall–Kier alpha value is -1.50. The number of amides is 3. The number of nitrogens with one attached hydrogen (secondary N) is 3. The SMILES string of the molecule is CCCCOCCCNC(=O)NCCNC(=O)OC(C)(C)C. The quantitative estimate of drug-likeness (QED) is 0.538. The summed E-state index contributed by atoms with van der Waals surface area (Å²) in [6.07, 6.45) is 2.49. The van der Waals surface area contributed by atoms with Crippen LogP contribution in [-0.2, 0) is 9.47 Å². The number of ether oxygens (including phenoxy) is 2. The van der Waals surface area contributed by atoms with Crippen molar-refractivity contribution in [1.82, 2.24) is 16.0 Å². The number of alkyl carbamates (subject to hydrolysis) is 1. The van der Waals surface area contributed by atoms with Crippen molar-refractivity contribution in [2.45, 2.75) is 52.6 Å². The topological polar surface area (TPSA) is 88.7 Å². The second-order valence-electron chi connectivity index (χ2n) is 5.93. The first-order valence-corrected chi connectivity index (χ1v) is 7.91. The van der Waals surface area contributed by atoms with Crippen molar-refractivity contribution in [3.05, 3.63) is 0 Å². The van der Waals surface area contributed by atoms with Crippen molar-refractivity contribution in [2.24, 2.45) is 0 Å². The standard InChI is InChI=1S/C15H31N3O4/c1-5-6-11-21-12-7-8-16-13(19)17-9-10-18-14(20)22-15(2,3)4/h5-12H2,1-4H3,(H,18,20)(H2,16,17,19). The lowest BCUT2D eigenvalue weighted by atomic mass is 10.2. The number of hydrogen-bond donors (Lipinski definition) is 3. The Bertz CT molecular complexity index is 316. The van der Waals surface area contributed by atoms with Crippen LogP contribution in [0.3, 0.4) is 0 Å². The minimum absolute atomic E-state index is 0.250. The molecule has 3 N–H and O–H groups in total. The van der Waals surface area contributed by atoms with E-state index in [1.54, 1.807) is 20.8 Å². The third kappa shape index (κ3) is 14.9. The second kappa shape index (κ2) is 12.1. The highest BCUT2D eigenvalue weighted by molar-refractivity contribution is 5.73. The molecule has 0 atom stereocenters. The van der Waals surface area contributed by atoms with Crippen LogP contribution in [0.5, 0.6) is 0 Å². The van der Waals surface area contributed by atoms with Gasteiger partial charge in [0.25, 0.3) is 0 Å². The summed E-state index contributed by atoms with van der Waals surface area (Å²) in [6, 6.07) is -0.250. The zero-order chi connectivity index (χ0) is 16.8. The van der Waals surface area contributed by atoms with Crippen LogP contribution in [0.2, 0.25) is 0 Å². The lowest BCUT2D eigenvalue weighted by Gasteiger charge is -2.19. The van der Waals surface area contributed by atoms with E-state index in [1.807, 2.05) is 0 Å². The number of hydrogen-bond acceptors (Lipinski definition) is 4. The molecule has 0 bridgehead atoms. The van der Waals surface area contributed by atoms with Crippen LogP contribution in [0.4, 0.5) is 9.59 Å². The van der Waals surface area contributed by atoms with Gasteiger partial charge in [0.1, 0.15) is 5.60 Å². The summed E-state index contributed by atoms with van der Waals surface area (Å²) in [5.74, 6) is 0. The third-order valence-electron chi connectivity index (χ3n) is 2.47. The average molecular weight is 317 g/mol. The van der Waals surface area contributed by atoms with Gasteiger partial charge in [-0.05, 0) is 33.6 Å². The van der Waals surface area contributed by atoms with E-state index in [9.17, 15) is 9.59 Å². The molecule has 7 heteroatoms. The fraction of sp³-hybridized carbons (Fsp3) is 0.867. The Kier molecular flexibility index (Phi) is 11.3. The molecule has 0 aliphatic rings. The van der Waals surface area contributed by atoms with Crippen molar-refractivity contribution in [1.29, 1.82) is 0 Å². The number of urea groups is 1. The number of unbranched alkanes of at least 4 members (excludes halogenated alkanes) is 1. The van der Waals surface area contributed by atoms with Gasteiger partial charge in [0.15, 0.2) is 0 Å². The highest BCUT2D eigenvalue weighted by Gasteiger charge is 2.15. The van der Waals surface area contributed by atoms with Gasteiger partial charge in [0.2, 0.25) is 0 Å². The zero-order valence-electron chi connectivity index (χ0n) is 14.3. The molecule has 0 saturated heterocycles. The molecule has 0 fully saturated rings. The molecule has 22 heavy (non-hydrogen) atoms. The molecule has 0 saturated carbocycles. The highest BCUT2D eigenvalue weighted by atomic mass is 16.6. The Morgan fingerprint density at radius 1 is 0.909 bits per heavy atom. The van der Waals surface area contributed by atoms with Crippen molar-refractivity contribution in [3.8, 4) is 0 Å². The van der Waals surface area contributed by atoms with Gasteiger partial charge in [0.05, 0.1) is 0 Å². The Morgan fingerprint density at radius 3 is 2.14 bits per heavy atom. The lowest BCUT2D eigenvalue weighted by Crippen LogP contribution is -2.41.